The van der Waals surface area contributed by atoms with Gasteiger partial charge in [0, 0.05) is 0 Å². The summed E-state index contributed by atoms with van der Waals surface area (Å²) in [6, 6.07) is 10.3. The average molecular weight is 357 g/mol. The first kappa shape index (κ1) is 18.4. The van der Waals surface area contributed by atoms with Crippen LogP contribution in [0.25, 0.3) is 0 Å². The fraction of sp³-hybridized carbons (Fsp3) is 0.526. The summed E-state index contributed by atoms with van der Waals surface area (Å²) in [4.78, 5) is 18.9. The Kier molecular flexibility index (Phi) is 5.56. The molecule has 0 bridgehead atoms. The van der Waals surface area contributed by atoms with Gasteiger partial charge in [-0.15, -0.1) is 0 Å². The van der Waals surface area contributed by atoms with Crippen LogP contribution in [-0.4, -0.2) is 44.4 Å². The van der Waals surface area contributed by atoms with E-state index < -0.39 is 5.60 Å². The number of benzene rings is 1. The maximum Gasteiger partial charge on any atom is 0.407 e. The van der Waals surface area contributed by atoms with E-state index in [2.05, 4.69) is 37.5 Å². The molecule has 0 saturated carbocycles. The molecule has 1 aliphatic heterocycles. The summed E-state index contributed by atoms with van der Waals surface area (Å²) >= 11 is 0. The Hall–Kier alpha value is -2.41. The highest BCUT2D eigenvalue weighted by Gasteiger charge is 2.34. The second kappa shape index (κ2) is 7.86. The molecule has 2 heterocycles. The number of likely N-dealkylation sites (tertiary alicyclic amines) is 1. The van der Waals surface area contributed by atoms with E-state index in [-0.39, 0.29) is 18.2 Å². The van der Waals surface area contributed by atoms with Gasteiger partial charge in [-0.25, -0.2) is 9.78 Å². The molecule has 2 N–H and O–H groups in total. The minimum atomic E-state index is -0.513. The van der Waals surface area contributed by atoms with Crippen LogP contribution in [0.2, 0.25) is 0 Å². The average Bonchev–Trinajstić information content (AvgIpc) is 3.07. The van der Waals surface area contributed by atoms with Crippen molar-refractivity contribution >= 4 is 6.09 Å². The smallest absolute Gasteiger partial charge is 0.407 e. The lowest BCUT2D eigenvalue weighted by molar-refractivity contribution is 0.0395. The topological polar surface area (TPSA) is 83.1 Å². The number of piperidine rings is 1. The van der Waals surface area contributed by atoms with Crippen molar-refractivity contribution in [3.8, 4) is 0 Å². The number of alkyl carbamates (subject to hydrolysis) is 1. The van der Waals surface area contributed by atoms with Gasteiger partial charge in [-0.1, -0.05) is 30.3 Å². The molecule has 140 valence electrons. The van der Waals surface area contributed by atoms with E-state index in [4.69, 9.17) is 4.74 Å². The number of carbonyl (C=O) groups is 1. The van der Waals surface area contributed by atoms with Crippen molar-refractivity contribution in [2.75, 3.05) is 6.54 Å². The van der Waals surface area contributed by atoms with Crippen molar-refractivity contribution in [2.24, 2.45) is 0 Å². The first-order chi connectivity index (χ1) is 12.4. The number of hydrogen-bond donors (Lipinski definition) is 2. The molecule has 7 nitrogen and oxygen atoms in total. The van der Waals surface area contributed by atoms with Crippen molar-refractivity contribution in [2.45, 2.75) is 57.8 Å². The molecule has 1 aromatic carbocycles. The Balaban J connectivity index is 1.80. The van der Waals surface area contributed by atoms with E-state index in [0.29, 0.717) is 6.54 Å². The van der Waals surface area contributed by atoms with Crippen LogP contribution in [0.15, 0.2) is 36.7 Å². The van der Waals surface area contributed by atoms with E-state index in [0.717, 1.165) is 25.2 Å². The third-order valence-electron chi connectivity index (χ3n) is 4.40. The molecule has 7 heteroatoms. The SMILES string of the molecule is CC(C)(C)OC(=O)N[C@H]1CCCN(Cc2ncn[nH]2)[C@H]1c1ccccc1. The molecule has 0 aliphatic carbocycles. The maximum atomic E-state index is 12.3. The van der Waals surface area contributed by atoms with Crippen LogP contribution in [0.4, 0.5) is 4.79 Å². The Morgan fingerprint density at radius 2 is 2.12 bits per heavy atom. The second-order valence-electron chi connectivity index (χ2n) is 7.65. The summed E-state index contributed by atoms with van der Waals surface area (Å²) in [5.41, 5.74) is 0.660. The molecular formula is C19H27N5O2. The van der Waals surface area contributed by atoms with Crippen LogP contribution in [-0.2, 0) is 11.3 Å². The van der Waals surface area contributed by atoms with Crippen LogP contribution in [0.3, 0.4) is 0 Å². The molecule has 0 radical (unpaired) electrons. The number of H-pyrrole nitrogens is 1. The predicted octanol–water partition coefficient (Wildman–Crippen LogP) is 3.04. The summed E-state index contributed by atoms with van der Waals surface area (Å²) < 4.78 is 5.47. The highest BCUT2D eigenvalue weighted by atomic mass is 16.6. The summed E-state index contributed by atoms with van der Waals surface area (Å²) in [6.45, 7) is 7.22. The van der Waals surface area contributed by atoms with Crippen molar-refractivity contribution in [3.63, 3.8) is 0 Å². The monoisotopic (exact) mass is 357 g/mol. The lowest BCUT2D eigenvalue weighted by atomic mass is 9.90. The lowest BCUT2D eigenvalue weighted by Gasteiger charge is -2.41. The van der Waals surface area contributed by atoms with E-state index in [9.17, 15) is 4.79 Å². The molecule has 1 saturated heterocycles. The number of hydrogen-bond acceptors (Lipinski definition) is 5. The third-order valence-corrected chi connectivity index (χ3v) is 4.40. The van der Waals surface area contributed by atoms with Crippen molar-refractivity contribution < 1.29 is 9.53 Å². The molecule has 3 rings (SSSR count). The molecular weight excluding hydrogens is 330 g/mol. The van der Waals surface area contributed by atoms with Gasteiger partial charge in [-0.3, -0.25) is 10.00 Å². The zero-order valence-corrected chi connectivity index (χ0v) is 15.6. The first-order valence-corrected chi connectivity index (χ1v) is 9.05. The van der Waals surface area contributed by atoms with Crippen molar-refractivity contribution in [1.29, 1.82) is 0 Å². The van der Waals surface area contributed by atoms with Gasteiger partial charge in [0.25, 0.3) is 0 Å². The normalized spacial score (nSPS) is 21.3. The van der Waals surface area contributed by atoms with Crippen LogP contribution in [0.1, 0.15) is 51.0 Å². The number of nitrogens with zero attached hydrogens (tertiary/aromatic N) is 3. The van der Waals surface area contributed by atoms with E-state index in [1.54, 1.807) is 0 Å². The molecule has 1 aromatic heterocycles. The quantitative estimate of drug-likeness (QED) is 0.879. The number of amides is 1. The van der Waals surface area contributed by atoms with Gasteiger partial charge in [0.1, 0.15) is 17.8 Å². The van der Waals surface area contributed by atoms with Gasteiger partial charge in [0.2, 0.25) is 0 Å². The van der Waals surface area contributed by atoms with Gasteiger partial charge < -0.3 is 10.1 Å². The van der Waals surface area contributed by atoms with E-state index in [1.165, 1.54) is 11.9 Å². The molecule has 0 unspecified atom stereocenters. The standard InChI is InChI=1S/C19H27N5O2/c1-19(2,3)26-18(25)22-15-10-7-11-24(12-16-20-13-21-23-16)17(15)14-8-5-4-6-9-14/h4-6,8-9,13,15,17H,7,10-12H2,1-3H3,(H,22,25)(H,20,21,23)/t15-,17-/m0/s1. The van der Waals surface area contributed by atoms with Gasteiger partial charge >= 0.3 is 6.09 Å². The molecule has 26 heavy (non-hydrogen) atoms. The predicted molar refractivity (Wildman–Crippen MR) is 98.4 cm³/mol. The van der Waals surface area contributed by atoms with Gasteiger partial charge in [-0.05, 0) is 45.7 Å². The second-order valence-corrected chi connectivity index (χ2v) is 7.65. The molecule has 0 spiro atoms. The first-order valence-electron chi connectivity index (χ1n) is 9.05. The van der Waals surface area contributed by atoms with Gasteiger partial charge in [-0.2, -0.15) is 5.10 Å². The minimum absolute atomic E-state index is 0.0241. The van der Waals surface area contributed by atoms with Gasteiger partial charge in [0.05, 0.1) is 18.6 Å². The van der Waals surface area contributed by atoms with Gasteiger partial charge in [0.15, 0.2) is 0 Å². The minimum Gasteiger partial charge on any atom is -0.444 e. The number of rotatable bonds is 4. The molecule has 2 aromatic rings. The Morgan fingerprint density at radius 3 is 2.77 bits per heavy atom. The maximum absolute atomic E-state index is 12.3. The van der Waals surface area contributed by atoms with Crippen molar-refractivity contribution in [3.05, 3.63) is 48.0 Å². The molecule has 1 amide bonds. The van der Waals surface area contributed by atoms with Crippen LogP contribution in [0, 0.1) is 0 Å². The van der Waals surface area contributed by atoms with Crippen LogP contribution >= 0.6 is 0 Å². The molecule has 1 fully saturated rings. The third kappa shape index (κ3) is 4.82. The molecule has 1 aliphatic rings. The number of aromatic amines is 1. The zero-order chi connectivity index (χ0) is 18.6. The largest absolute Gasteiger partial charge is 0.444 e. The Bertz CT molecular complexity index is 696. The highest BCUT2D eigenvalue weighted by molar-refractivity contribution is 5.68. The van der Waals surface area contributed by atoms with E-state index >= 15 is 0 Å². The van der Waals surface area contributed by atoms with Crippen LogP contribution in [0.5, 0.6) is 0 Å². The number of nitrogens with one attached hydrogen (secondary N) is 2. The fourth-order valence-corrected chi connectivity index (χ4v) is 3.45. The van der Waals surface area contributed by atoms with E-state index in [1.807, 2.05) is 39.0 Å². The summed E-state index contributed by atoms with van der Waals surface area (Å²) in [6.07, 6.45) is 3.06. The summed E-state index contributed by atoms with van der Waals surface area (Å²) in [7, 11) is 0. The molecule has 2 atom stereocenters. The summed E-state index contributed by atoms with van der Waals surface area (Å²) in [5, 5.41) is 9.95. The zero-order valence-electron chi connectivity index (χ0n) is 15.6. The summed E-state index contributed by atoms with van der Waals surface area (Å²) in [5.74, 6) is 0.823. The Morgan fingerprint density at radius 1 is 1.35 bits per heavy atom. The number of aromatic nitrogens is 3. The fourth-order valence-electron chi connectivity index (χ4n) is 3.45. The number of carbonyl (C=O) groups excluding carboxylic acids is 1. The van der Waals surface area contributed by atoms with Crippen molar-refractivity contribution in [1.82, 2.24) is 25.4 Å². The van der Waals surface area contributed by atoms with Crippen LogP contribution < -0.4 is 5.32 Å². The number of ether oxygens (including phenoxy) is 1. The lowest BCUT2D eigenvalue weighted by Crippen LogP contribution is -2.50. The highest BCUT2D eigenvalue weighted by Crippen LogP contribution is 2.32. The Labute approximate surface area is 154 Å².